The summed E-state index contributed by atoms with van der Waals surface area (Å²) >= 11 is 0. The summed E-state index contributed by atoms with van der Waals surface area (Å²) in [5, 5.41) is 13.1. The molecule has 19 heavy (non-hydrogen) atoms. The predicted octanol–water partition coefficient (Wildman–Crippen LogP) is 3.70. The van der Waals surface area contributed by atoms with Gasteiger partial charge in [0.2, 0.25) is 0 Å². The summed E-state index contributed by atoms with van der Waals surface area (Å²) in [5.41, 5.74) is 2.13. The first-order valence-corrected chi connectivity index (χ1v) is 7.43. The quantitative estimate of drug-likeness (QED) is 0.867. The van der Waals surface area contributed by atoms with Crippen LogP contribution in [0.25, 0.3) is 0 Å². The van der Waals surface area contributed by atoms with E-state index in [1.807, 2.05) is 12.1 Å². The molecule has 2 saturated carbocycles. The summed E-state index contributed by atoms with van der Waals surface area (Å²) in [6.07, 6.45) is 4.16. The average Bonchev–Trinajstić information content (AvgIpc) is 2.82. The van der Waals surface area contributed by atoms with Gasteiger partial charge in [0.15, 0.2) is 0 Å². The number of nitrogens with one attached hydrogen (secondary N) is 1. The monoisotopic (exact) mass is 259 g/mol. The van der Waals surface area contributed by atoms with Crippen molar-refractivity contribution in [1.82, 2.24) is 5.32 Å². The molecule has 104 valence electrons. The smallest absolute Gasteiger partial charge is 0.115 e. The van der Waals surface area contributed by atoms with E-state index in [0.717, 1.165) is 12.5 Å². The topological polar surface area (TPSA) is 32.3 Å². The van der Waals surface area contributed by atoms with Crippen molar-refractivity contribution in [2.75, 3.05) is 0 Å². The lowest BCUT2D eigenvalue weighted by Gasteiger charge is -2.43. The van der Waals surface area contributed by atoms with Crippen molar-refractivity contribution in [3.05, 3.63) is 29.8 Å². The summed E-state index contributed by atoms with van der Waals surface area (Å²) in [6.45, 7) is 8.21. The van der Waals surface area contributed by atoms with Crippen LogP contribution in [-0.2, 0) is 6.54 Å². The first-order chi connectivity index (χ1) is 8.92. The van der Waals surface area contributed by atoms with E-state index in [1.165, 1.54) is 24.8 Å². The van der Waals surface area contributed by atoms with Crippen molar-refractivity contribution in [3.8, 4) is 5.75 Å². The van der Waals surface area contributed by atoms with Gasteiger partial charge < -0.3 is 10.4 Å². The van der Waals surface area contributed by atoms with Crippen LogP contribution in [0, 0.1) is 16.7 Å². The van der Waals surface area contributed by atoms with Crippen molar-refractivity contribution < 1.29 is 5.11 Å². The van der Waals surface area contributed by atoms with Gasteiger partial charge in [-0.2, -0.15) is 0 Å². The highest BCUT2D eigenvalue weighted by molar-refractivity contribution is 5.26. The van der Waals surface area contributed by atoms with Gasteiger partial charge in [-0.25, -0.2) is 0 Å². The van der Waals surface area contributed by atoms with Crippen LogP contribution < -0.4 is 5.32 Å². The molecule has 2 aliphatic rings. The Morgan fingerprint density at radius 2 is 1.89 bits per heavy atom. The van der Waals surface area contributed by atoms with Crippen LogP contribution in [0.1, 0.15) is 45.6 Å². The molecule has 0 spiro atoms. The van der Waals surface area contributed by atoms with Crippen LogP contribution in [0.15, 0.2) is 24.3 Å². The minimum atomic E-state index is 0.343. The maximum Gasteiger partial charge on any atom is 0.115 e. The SMILES string of the molecule is CC1(C)C(NCc2ccc(O)cc2)[C@]2(C)CC[C@H]1C2. The van der Waals surface area contributed by atoms with E-state index in [1.54, 1.807) is 12.1 Å². The zero-order valence-electron chi connectivity index (χ0n) is 12.2. The summed E-state index contributed by atoms with van der Waals surface area (Å²) in [6, 6.07) is 8.15. The number of hydrogen-bond donors (Lipinski definition) is 2. The van der Waals surface area contributed by atoms with Crippen molar-refractivity contribution in [2.24, 2.45) is 16.7 Å². The third-order valence-electron chi connectivity index (χ3n) is 5.72. The van der Waals surface area contributed by atoms with E-state index in [-0.39, 0.29) is 0 Å². The number of hydrogen-bond acceptors (Lipinski definition) is 2. The van der Waals surface area contributed by atoms with Crippen molar-refractivity contribution in [2.45, 2.75) is 52.6 Å². The Kier molecular flexibility index (Phi) is 2.90. The maximum atomic E-state index is 9.33. The standard InChI is InChI=1S/C17H25NO/c1-16(2)13-8-9-17(3,10-13)15(16)18-11-12-4-6-14(19)7-5-12/h4-7,13,15,18-19H,8-11H2,1-3H3/t13-,15?,17+/m0/s1. The summed E-state index contributed by atoms with van der Waals surface area (Å²) < 4.78 is 0. The van der Waals surface area contributed by atoms with Crippen LogP contribution in [0.3, 0.4) is 0 Å². The highest BCUT2D eigenvalue weighted by atomic mass is 16.3. The molecule has 2 N–H and O–H groups in total. The largest absolute Gasteiger partial charge is 0.508 e. The fourth-order valence-electron chi connectivity index (χ4n) is 4.65. The second-order valence-corrected chi connectivity index (χ2v) is 7.40. The van der Waals surface area contributed by atoms with E-state index in [2.05, 4.69) is 26.1 Å². The van der Waals surface area contributed by atoms with Crippen molar-refractivity contribution >= 4 is 0 Å². The number of phenolic OH excluding ortho intramolecular Hbond substituents is 1. The van der Waals surface area contributed by atoms with Crippen LogP contribution >= 0.6 is 0 Å². The highest BCUT2D eigenvalue weighted by Crippen LogP contribution is 2.62. The lowest BCUT2D eigenvalue weighted by atomic mass is 9.68. The van der Waals surface area contributed by atoms with E-state index >= 15 is 0 Å². The normalized spacial score (nSPS) is 35.7. The van der Waals surface area contributed by atoms with E-state index in [0.29, 0.717) is 22.6 Å². The minimum absolute atomic E-state index is 0.343. The van der Waals surface area contributed by atoms with Gasteiger partial charge in [0.05, 0.1) is 0 Å². The molecular formula is C17H25NO. The highest BCUT2D eigenvalue weighted by Gasteiger charge is 2.58. The van der Waals surface area contributed by atoms with Gasteiger partial charge >= 0.3 is 0 Å². The molecule has 1 unspecified atom stereocenters. The molecule has 0 heterocycles. The Balaban J connectivity index is 1.71. The van der Waals surface area contributed by atoms with Gasteiger partial charge in [0, 0.05) is 12.6 Å². The van der Waals surface area contributed by atoms with E-state index in [4.69, 9.17) is 0 Å². The molecule has 0 radical (unpaired) electrons. The third kappa shape index (κ3) is 2.06. The second kappa shape index (κ2) is 4.24. The van der Waals surface area contributed by atoms with Crippen LogP contribution in [0.4, 0.5) is 0 Å². The molecule has 2 aliphatic carbocycles. The van der Waals surface area contributed by atoms with Crippen LogP contribution in [-0.4, -0.2) is 11.1 Å². The molecule has 2 bridgehead atoms. The molecule has 2 nitrogen and oxygen atoms in total. The number of aromatic hydroxyl groups is 1. The Morgan fingerprint density at radius 3 is 2.47 bits per heavy atom. The van der Waals surface area contributed by atoms with Gasteiger partial charge in [0.25, 0.3) is 0 Å². The number of phenols is 1. The first kappa shape index (κ1) is 13.0. The Morgan fingerprint density at radius 1 is 1.21 bits per heavy atom. The fraction of sp³-hybridized carbons (Fsp3) is 0.647. The lowest BCUT2D eigenvalue weighted by Crippen LogP contribution is -2.49. The average molecular weight is 259 g/mol. The lowest BCUT2D eigenvalue weighted by molar-refractivity contribution is 0.108. The summed E-state index contributed by atoms with van der Waals surface area (Å²) in [5.74, 6) is 1.23. The summed E-state index contributed by atoms with van der Waals surface area (Å²) in [4.78, 5) is 0. The molecular weight excluding hydrogens is 234 g/mol. The molecule has 0 aromatic heterocycles. The first-order valence-electron chi connectivity index (χ1n) is 7.43. The van der Waals surface area contributed by atoms with Gasteiger partial charge in [-0.3, -0.25) is 0 Å². The van der Waals surface area contributed by atoms with E-state index in [9.17, 15) is 5.11 Å². The maximum absolute atomic E-state index is 9.33. The minimum Gasteiger partial charge on any atom is -0.508 e. The zero-order valence-corrected chi connectivity index (χ0v) is 12.2. The molecule has 3 atom stereocenters. The Labute approximate surface area is 116 Å². The molecule has 0 amide bonds. The van der Waals surface area contributed by atoms with Gasteiger partial charge in [-0.1, -0.05) is 32.9 Å². The van der Waals surface area contributed by atoms with Gasteiger partial charge in [0.1, 0.15) is 5.75 Å². The van der Waals surface area contributed by atoms with Gasteiger partial charge in [-0.05, 0) is 53.7 Å². The molecule has 2 heteroatoms. The molecule has 2 fully saturated rings. The molecule has 0 aliphatic heterocycles. The predicted molar refractivity (Wildman–Crippen MR) is 78.0 cm³/mol. The van der Waals surface area contributed by atoms with Crippen molar-refractivity contribution in [3.63, 3.8) is 0 Å². The number of fused-ring (bicyclic) bond motifs is 2. The molecule has 1 aromatic carbocycles. The molecule has 1 aromatic rings. The second-order valence-electron chi connectivity index (χ2n) is 7.40. The Bertz CT molecular complexity index is 460. The zero-order chi connectivity index (χ0) is 13.7. The van der Waals surface area contributed by atoms with E-state index < -0.39 is 0 Å². The third-order valence-corrected chi connectivity index (χ3v) is 5.72. The molecule has 0 saturated heterocycles. The number of benzene rings is 1. The number of rotatable bonds is 3. The fourth-order valence-corrected chi connectivity index (χ4v) is 4.65. The Hall–Kier alpha value is -1.02. The van der Waals surface area contributed by atoms with Crippen molar-refractivity contribution in [1.29, 1.82) is 0 Å². The summed E-state index contributed by atoms with van der Waals surface area (Å²) in [7, 11) is 0. The van der Waals surface area contributed by atoms with Crippen LogP contribution in [0.5, 0.6) is 5.75 Å². The van der Waals surface area contributed by atoms with Crippen LogP contribution in [0.2, 0.25) is 0 Å². The van der Waals surface area contributed by atoms with Gasteiger partial charge in [-0.15, -0.1) is 0 Å². The molecule has 3 rings (SSSR count).